The summed E-state index contributed by atoms with van der Waals surface area (Å²) in [6.45, 7) is 4.70. The number of hydrogen-bond donors (Lipinski definition) is 1. The molecule has 0 unspecified atom stereocenters. The molecule has 0 aromatic heterocycles. The van der Waals surface area contributed by atoms with Crippen LogP contribution in [-0.4, -0.2) is 41.0 Å². The van der Waals surface area contributed by atoms with Gasteiger partial charge in [0.15, 0.2) is 0 Å². The average Bonchev–Trinajstić information content (AvgIpc) is 2.96. The minimum Gasteiger partial charge on any atom is -0.507 e. The fraction of sp³-hybridized carbons (Fsp3) is 0.304. The van der Waals surface area contributed by atoms with E-state index in [-0.39, 0.29) is 17.4 Å². The molecule has 1 heterocycles. The lowest BCUT2D eigenvalue weighted by molar-refractivity contribution is -0.140. The number of nitrogens with zero attached hydrogens (tertiary/aromatic N) is 1. The maximum absolute atomic E-state index is 12.9. The summed E-state index contributed by atoms with van der Waals surface area (Å²) in [6, 6.07) is 13.2. The Morgan fingerprint density at radius 2 is 1.90 bits per heavy atom. The molecule has 1 saturated heterocycles. The number of halogens is 2. The van der Waals surface area contributed by atoms with Gasteiger partial charge in [0.05, 0.1) is 17.7 Å². The Balaban J connectivity index is 2.03. The Morgan fingerprint density at radius 1 is 1.20 bits per heavy atom. The van der Waals surface area contributed by atoms with Crippen LogP contribution in [0.4, 0.5) is 0 Å². The zero-order chi connectivity index (χ0) is 21.8. The fourth-order valence-corrected chi connectivity index (χ4v) is 3.99. The van der Waals surface area contributed by atoms with E-state index in [0.717, 1.165) is 10.0 Å². The van der Waals surface area contributed by atoms with Crippen molar-refractivity contribution >= 4 is 45.0 Å². The van der Waals surface area contributed by atoms with E-state index in [4.69, 9.17) is 16.3 Å². The number of likely N-dealkylation sites (tertiary alicyclic amines) is 1. The third kappa shape index (κ3) is 4.94. The molecule has 1 amide bonds. The van der Waals surface area contributed by atoms with Crippen LogP contribution in [0.25, 0.3) is 5.76 Å². The maximum Gasteiger partial charge on any atom is 0.295 e. The van der Waals surface area contributed by atoms with Crippen molar-refractivity contribution in [2.75, 3.05) is 13.2 Å². The molecular weight excluding hydrogens is 470 g/mol. The first-order chi connectivity index (χ1) is 14.3. The smallest absolute Gasteiger partial charge is 0.295 e. The van der Waals surface area contributed by atoms with Gasteiger partial charge in [-0.1, -0.05) is 39.7 Å². The molecule has 0 bridgehead atoms. The monoisotopic (exact) mass is 491 g/mol. The lowest BCUT2D eigenvalue weighted by atomic mass is 9.95. The zero-order valence-electron chi connectivity index (χ0n) is 16.8. The molecule has 1 N–H and O–H groups in total. The van der Waals surface area contributed by atoms with Gasteiger partial charge < -0.3 is 14.7 Å². The highest BCUT2D eigenvalue weighted by Crippen LogP contribution is 2.40. The number of hydrogen-bond acceptors (Lipinski definition) is 4. The molecule has 1 aliphatic rings. The van der Waals surface area contributed by atoms with Crippen LogP contribution in [0.1, 0.15) is 37.4 Å². The van der Waals surface area contributed by atoms with Crippen LogP contribution in [-0.2, 0) is 14.3 Å². The molecule has 1 fully saturated rings. The molecule has 158 valence electrons. The minimum atomic E-state index is -0.697. The van der Waals surface area contributed by atoms with Crippen LogP contribution < -0.4 is 0 Å². The molecule has 0 aliphatic carbocycles. The Morgan fingerprint density at radius 3 is 2.53 bits per heavy atom. The number of carbonyl (C=O) groups is 2. The number of amides is 1. The van der Waals surface area contributed by atoms with Crippen molar-refractivity contribution < 1.29 is 19.4 Å². The maximum atomic E-state index is 12.9. The second-order valence-electron chi connectivity index (χ2n) is 7.33. The largest absolute Gasteiger partial charge is 0.507 e. The summed E-state index contributed by atoms with van der Waals surface area (Å²) in [5.41, 5.74) is 1.25. The summed E-state index contributed by atoms with van der Waals surface area (Å²) in [5.74, 6) is -1.53. The molecule has 5 nitrogen and oxygen atoms in total. The van der Waals surface area contributed by atoms with Crippen LogP contribution in [0.3, 0.4) is 0 Å². The van der Waals surface area contributed by atoms with Crippen molar-refractivity contribution in [2.45, 2.75) is 32.4 Å². The number of rotatable bonds is 7. The predicted octanol–water partition coefficient (Wildman–Crippen LogP) is 5.34. The minimum absolute atomic E-state index is 0.0743. The average molecular weight is 493 g/mol. The van der Waals surface area contributed by atoms with Crippen LogP contribution in [0.2, 0.25) is 5.02 Å². The molecule has 3 rings (SSSR count). The van der Waals surface area contributed by atoms with Gasteiger partial charge in [0.25, 0.3) is 11.7 Å². The predicted molar refractivity (Wildman–Crippen MR) is 120 cm³/mol. The molecule has 0 spiro atoms. The van der Waals surface area contributed by atoms with E-state index >= 15 is 0 Å². The van der Waals surface area contributed by atoms with Gasteiger partial charge in [0.2, 0.25) is 0 Å². The number of aliphatic hydroxyl groups is 1. The molecule has 1 aliphatic heterocycles. The summed E-state index contributed by atoms with van der Waals surface area (Å²) in [6.07, 6.45) is 0.669. The Bertz CT molecular complexity index is 971. The van der Waals surface area contributed by atoms with Crippen molar-refractivity contribution in [1.29, 1.82) is 0 Å². The van der Waals surface area contributed by atoms with Gasteiger partial charge in [-0.15, -0.1) is 0 Å². The SMILES string of the molecule is CC(C)OCCCN1C(=O)C(=O)C(=C(O)c2ccc(Cl)cc2)[C@@H]1c1cccc(Br)c1. The molecule has 7 heteroatoms. The highest BCUT2D eigenvalue weighted by atomic mass is 79.9. The fourth-order valence-electron chi connectivity index (χ4n) is 3.45. The van der Waals surface area contributed by atoms with E-state index in [1.807, 2.05) is 38.1 Å². The van der Waals surface area contributed by atoms with Gasteiger partial charge in [0.1, 0.15) is 5.76 Å². The molecule has 0 saturated carbocycles. The van der Waals surface area contributed by atoms with E-state index in [1.54, 1.807) is 24.3 Å². The normalized spacial score (nSPS) is 18.4. The Kier molecular flexibility index (Phi) is 7.34. The van der Waals surface area contributed by atoms with Crippen LogP contribution in [0.15, 0.2) is 58.6 Å². The summed E-state index contributed by atoms with van der Waals surface area (Å²) in [4.78, 5) is 27.3. The zero-order valence-corrected chi connectivity index (χ0v) is 19.1. The number of benzene rings is 2. The van der Waals surface area contributed by atoms with Crippen LogP contribution >= 0.6 is 27.5 Å². The van der Waals surface area contributed by atoms with Crippen molar-refractivity contribution in [3.8, 4) is 0 Å². The molecule has 2 aromatic carbocycles. The summed E-state index contributed by atoms with van der Waals surface area (Å²) < 4.78 is 6.39. The van der Waals surface area contributed by atoms with E-state index in [1.165, 1.54) is 4.90 Å². The number of ketones is 1. The number of carbonyl (C=O) groups excluding carboxylic acids is 2. The van der Waals surface area contributed by atoms with Gasteiger partial charge in [0, 0.05) is 28.2 Å². The molecule has 2 aromatic rings. The van der Waals surface area contributed by atoms with Crippen molar-refractivity contribution in [1.82, 2.24) is 4.90 Å². The first kappa shape index (κ1) is 22.5. The van der Waals surface area contributed by atoms with Crippen molar-refractivity contribution in [3.63, 3.8) is 0 Å². The third-order valence-electron chi connectivity index (χ3n) is 4.82. The lowest BCUT2D eigenvalue weighted by Gasteiger charge is -2.25. The van der Waals surface area contributed by atoms with E-state index in [9.17, 15) is 14.7 Å². The van der Waals surface area contributed by atoms with Gasteiger partial charge in [-0.05, 0) is 62.2 Å². The summed E-state index contributed by atoms with van der Waals surface area (Å²) in [5, 5.41) is 11.5. The third-order valence-corrected chi connectivity index (χ3v) is 5.56. The first-order valence-corrected chi connectivity index (χ1v) is 10.9. The van der Waals surface area contributed by atoms with Gasteiger partial charge in [-0.2, -0.15) is 0 Å². The van der Waals surface area contributed by atoms with Gasteiger partial charge in [-0.3, -0.25) is 9.59 Å². The van der Waals surface area contributed by atoms with E-state index in [0.29, 0.717) is 30.2 Å². The number of ether oxygens (including phenoxy) is 1. The van der Waals surface area contributed by atoms with Crippen LogP contribution in [0.5, 0.6) is 0 Å². The number of Topliss-reactive ketones (excluding diaryl/α,β-unsaturated/α-hetero) is 1. The van der Waals surface area contributed by atoms with Gasteiger partial charge >= 0.3 is 0 Å². The molecular formula is C23H23BrClNO4. The van der Waals surface area contributed by atoms with E-state index < -0.39 is 17.7 Å². The topological polar surface area (TPSA) is 66.8 Å². The Hall–Kier alpha value is -2.15. The van der Waals surface area contributed by atoms with Crippen molar-refractivity contribution in [2.24, 2.45) is 0 Å². The molecule has 0 radical (unpaired) electrons. The van der Waals surface area contributed by atoms with E-state index in [2.05, 4.69) is 15.9 Å². The lowest BCUT2D eigenvalue weighted by Crippen LogP contribution is -2.31. The second-order valence-corrected chi connectivity index (χ2v) is 8.68. The highest BCUT2D eigenvalue weighted by Gasteiger charge is 2.45. The van der Waals surface area contributed by atoms with Crippen molar-refractivity contribution in [3.05, 3.63) is 74.7 Å². The Labute approximate surface area is 189 Å². The van der Waals surface area contributed by atoms with Crippen LogP contribution in [0, 0.1) is 0 Å². The number of aliphatic hydroxyl groups excluding tert-OH is 1. The molecule has 30 heavy (non-hydrogen) atoms. The summed E-state index contributed by atoms with van der Waals surface area (Å²) >= 11 is 9.39. The molecule has 1 atom stereocenters. The first-order valence-electron chi connectivity index (χ1n) is 9.71. The quantitative estimate of drug-likeness (QED) is 0.245. The highest BCUT2D eigenvalue weighted by molar-refractivity contribution is 9.10. The standard InChI is InChI=1S/C23H23BrClNO4/c1-14(2)30-12-4-11-26-20(16-5-3-6-17(24)13-16)19(22(28)23(26)29)21(27)15-7-9-18(25)10-8-15/h3,5-10,13-14,20,27H,4,11-12H2,1-2H3/t20-/m0/s1. The second kappa shape index (κ2) is 9.77. The van der Waals surface area contributed by atoms with Gasteiger partial charge in [-0.25, -0.2) is 0 Å². The summed E-state index contributed by atoms with van der Waals surface area (Å²) in [7, 11) is 0.